The molecule has 3 aromatic rings. The Morgan fingerprint density at radius 3 is 2.73 bits per heavy atom. The van der Waals surface area contributed by atoms with Gasteiger partial charge in [-0.1, -0.05) is 0 Å². The highest BCUT2D eigenvalue weighted by molar-refractivity contribution is 6.06. The van der Waals surface area contributed by atoms with E-state index in [1.165, 1.54) is 18.2 Å². The molecular weight excluding hydrogens is 297 g/mol. The molecule has 1 amide bonds. The number of benzene rings is 1. The SMILES string of the molecule is O=C(O)Oc1cc2[nH]nc(NC(=O)c3ccc(F)cc3)c2o1. The van der Waals surface area contributed by atoms with Crippen LogP contribution in [0.15, 0.2) is 34.7 Å². The van der Waals surface area contributed by atoms with Gasteiger partial charge in [0.05, 0.1) is 0 Å². The van der Waals surface area contributed by atoms with Crippen molar-refractivity contribution in [3.05, 3.63) is 41.7 Å². The van der Waals surface area contributed by atoms with Crippen LogP contribution >= 0.6 is 0 Å². The third-order valence-electron chi connectivity index (χ3n) is 2.74. The lowest BCUT2D eigenvalue weighted by Crippen LogP contribution is -2.12. The zero-order valence-corrected chi connectivity index (χ0v) is 10.8. The van der Waals surface area contributed by atoms with Gasteiger partial charge in [0.1, 0.15) is 11.3 Å². The van der Waals surface area contributed by atoms with Gasteiger partial charge in [0.2, 0.25) is 5.58 Å². The summed E-state index contributed by atoms with van der Waals surface area (Å²) >= 11 is 0. The first-order valence-corrected chi connectivity index (χ1v) is 5.98. The van der Waals surface area contributed by atoms with Gasteiger partial charge in [0.25, 0.3) is 11.9 Å². The van der Waals surface area contributed by atoms with E-state index in [9.17, 15) is 14.0 Å². The molecule has 0 aliphatic rings. The van der Waals surface area contributed by atoms with Gasteiger partial charge < -0.3 is 19.6 Å². The molecular formula is C13H8FN3O5. The molecule has 2 aromatic heterocycles. The second-order valence-electron chi connectivity index (χ2n) is 4.21. The van der Waals surface area contributed by atoms with Crippen LogP contribution in [0.5, 0.6) is 5.95 Å². The summed E-state index contributed by atoms with van der Waals surface area (Å²) in [4.78, 5) is 22.4. The highest BCUT2D eigenvalue weighted by Gasteiger charge is 2.17. The summed E-state index contributed by atoms with van der Waals surface area (Å²) in [5.74, 6) is -1.18. The Hall–Kier alpha value is -3.36. The fourth-order valence-electron chi connectivity index (χ4n) is 1.80. The molecule has 9 heteroatoms. The third-order valence-corrected chi connectivity index (χ3v) is 2.74. The summed E-state index contributed by atoms with van der Waals surface area (Å²) in [5, 5.41) is 17.4. The number of aromatic amines is 1. The number of furan rings is 1. The molecule has 0 bridgehead atoms. The summed E-state index contributed by atoms with van der Waals surface area (Å²) in [6.07, 6.45) is -1.53. The molecule has 0 saturated carbocycles. The molecule has 8 nitrogen and oxygen atoms in total. The number of halogens is 1. The van der Waals surface area contributed by atoms with Crippen molar-refractivity contribution in [3.63, 3.8) is 0 Å². The minimum Gasteiger partial charge on any atom is -0.449 e. The molecule has 22 heavy (non-hydrogen) atoms. The molecule has 3 rings (SSSR count). The summed E-state index contributed by atoms with van der Waals surface area (Å²) in [7, 11) is 0. The Labute approximate surface area is 121 Å². The van der Waals surface area contributed by atoms with Crippen molar-refractivity contribution in [2.45, 2.75) is 0 Å². The molecule has 112 valence electrons. The van der Waals surface area contributed by atoms with E-state index in [4.69, 9.17) is 9.52 Å². The van der Waals surface area contributed by atoms with E-state index in [-0.39, 0.29) is 22.9 Å². The van der Waals surface area contributed by atoms with Gasteiger partial charge in [-0.05, 0) is 24.3 Å². The summed E-state index contributed by atoms with van der Waals surface area (Å²) in [6.45, 7) is 0. The predicted octanol–water partition coefficient (Wildman–Crippen LogP) is 2.60. The molecule has 0 saturated heterocycles. The zero-order valence-electron chi connectivity index (χ0n) is 10.8. The number of fused-ring (bicyclic) bond motifs is 1. The highest BCUT2D eigenvalue weighted by Crippen LogP contribution is 2.29. The topological polar surface area (TPSA) is 117 Å². The largest absolute Gasteiger partial charge is 0.513 e. The fourth-order valence-corrected chi connectivity index (χ4v) is 1.80. The summed E-state index contributed by atoms with van der Waals surface area (Å²) < 4.78 is 22.3. The van der Waals surface area contributed by atoms with E-state index in [1.807, 2.05) is 0 Å². The molecule has 0 radical (unpaired) electrons. The van der Waals surface area contributed by atoms with Gasteiger partial charge >= 0.3 is 6.16 Å². The Balaban J connectivity index is 1.84. The monoisotopic (exact) mass is 305 g/mol. The summed E-state index contributed by atoms with van der Waals surface area (Å²) in [6, 6.07) is 6.22. The Morgan fingerprint density at radius 2 is 2.05 bits per heavy atom. The number of H-pyrrole nitrogens is 1. The molecule has 0 unspecified atom stereocenters. The maximum Gasteiger partial charge on any atom is 0.513 e. The average molecular weight is 305 g/mol. The highest BCUT2D eigenvalue weighted by atomic mass is 19.1. The normalized spacial score (nSPS) is 10.6. The van der Waals surface area contributed by atoms with Gasteiger partial charge in [-0.2, -0.15) is 5.10 Å². The molecule has 3 N–H and O–H groups in total. The van der Waals surface area contributed by atoms with Crippen LogP contribution in [0.25, 0.3) is 11.1 Å². The number of carboxylic acid groups (broad SMARTS) is 1. The maximum atomic E-state index is 12.8. The minimum absolute atomic E-state index is 0.0598. The molecule has 1 aromatic carbocycles. The minimum atomic E-state index is -1.53. The van der Waals surface area contributed by atoms with Crippen LogP contribution in [0.4, 0.5) is 15.0 Å². The standard InChI is InChI=1S/C13H8FN3O5/c14-7-3-1-6(2-4-7)12(18)15-11-10-8(16-17-11)5-9(21-10)22-13(19)20/h1-5H,(H,19,20)(H2,15,16,17,18). The lowest BCUT2D eigenvalue weighted by Gasteiger charge is -2.01. The maximum absolute atomic E-state index is 12.8. The van der Waals surface area contributed by atoms with Gasteiger partial charge in [-0.25, -0.2) is 9.18 Å². The van der Waals surface area contributed by atoms with Crippen LogP contribution in [0, 0.1) is 5.82 Å². The number of carbonyl (C=O) groups is 2. The van der Waals surface area contributed by atoms with Crippen molar-refractivity contribution in [2.24, 2.45) is 0 Å². The van der Waals surface area contributed by atoms with E-state index in [1.54, 1.807) is 0 Å². The average Bonchev–Trinajstić information content (AvgIpc) is 3.00. The van der Waals surface area contributed by atoms with E-state index < -0.39 is 17.9 Å². The van der Waals surface area contributed by atoms with Crippen LogP contribution in [-0.2, 0) is 0 Å². The van der Waals surface area contributed by atoms with Crippen molar-refractivity contribution >= 4 is 29.0 Å². The third kappa shape index (κ3) is 2.59. The van der Waals surface area contributed by atoms with E-state index in [2.05, 4.69) is 20.3 Å². The van der Waals surface area contributed by atoms with Crippen LogP contribution in [0.3, 0.4) is 0 Å². The molecule has 0 aliphatic carbocycles. The van der Waals surface area contributed by atoms with Gasteiger partial charge in [-0.3, -0.25) is 9.89 Å². The van der Waals surface area contributed by atoms with E-state index in [0.29, 0.717) is 5.52 Å². The lowest BCUT2D eigenvalue weighted by molar-refractivity contribution is 0.102. The van der Waals surface area contributed by atoms with E-state index >= 15 is 0 Å². The smallest absolute Gasteiger partial charge is 0.449 e. The Morgan fingerprint density at radius 1 is 1.32 bits per heavy atom. The molecule has 0 spiro atoms. The van der Waals surface area contributed by atoms with Gasteiger partial charge in [-0.15, -0.1) is 0 Å². The second kappa shape index (κ2) is 5.20. The first kappa shape index (κ1) is 13.6. The van der Waals surface area contributed by atoms with Crippen LogP contribution < -0.4 is 10.1 Å². The molecule has 0 fully saturated rings. The molecule has 0 atom stereocenters. The first-order chi connectivity index (χ1) is 10.5. The predicted molar refractivity (Wildman–Crippen MR) is 71.4 cm³/mol. The van der Waals surface area contributed by atoms with Crippen LogP contribution in [-0.4, -0.2) is 27.4 Å². The molecule has 0 aliphatic heterocycles. The first-order valence-electron chi connectivity index (χ1n) is 5.98. The number of hydrogen-bond acceptors (Lipinski definition) is 5. The zero-order chi connectivity index (χ0) is 15.7. The number of anilines is 1. The van der Waals surface area contributed by atoms with Gasteiger partial charge in [0.15, 0.2) is 5.82 Å². The van der Waals surface area contributed by atoms with Crippen molar-refractivity contribution in [2.75, 3.05) is 5.32 Å². The van der Waals surface area contributed by atoms with Crippen molar-refractivity contribution in [1.29, 1.82) is 0 Å². The fraction of sp³-hybridized carbons (Fsp3) is 0. The van der Waals surface area contributed by atoms with Crippen molar-refractivity contribution in [1.82, 2.24) is 10.2 Å². The van der Waals surface area contributed by atoms with Crippen LogP contribution in [0.2, 0.25) is 0 Å². The van der Waals surface area contributed by atoms with Crippen molar-refractivity contribution < 1.29 is 28.2 Å². The van der Waals surface area contributed by atoms with Crippen LogP contribution in [0.1, 0.15) is 10.4 Å². The number of aromatic nitrogens is 2. The number of hydrogen-bond donors (Lipinski definition) is 3. The van der Waals surface area contributed by atoms with Gasteiger partial charge in [0, 0.05) is 11.6 Å². The Kier molecular flexibility index (Phi) is 3.22. The number of carbonyl (C=O) groups excluding carboxylic acids is 1. The summed E-state index contributed by atoms with van der Waals surface area (Å²) in [5.41, 5.74) is 0.712. The number of ether oxygens (including phenoxy) is 1. The Bertz CT molecular complexity index is 852. The number of rotatable bonds is 3. The van der Waals surface area contributed by atoms with Crippen molar-refractivity contribution in [3.8, 4) is 5.95 Å². The number of nitrogens with one attached hydrogen (secondary N) is 2. The second-order valence-corrected chi connectivity index (χ2v) is 4.21. The van der Waals surface area contributed by atoms with E-state index in [0.717, 1.165) is 12.1 Å². The quantitative estimate of drug-likeness (QED) is 0.640. The number of amides is 1. The molecule has 2 heterocycles. The number of nitrogens with zero attached hydrogens (tertiary/aromatic N) is 1. The lowest BCUT2D eigenvalue weighted by atomic mass is 10.2.